The van der Waals surface area contributed by atoms with Gasteiger partial charge in [0.25, 0.3) is 0 Å². The van der Waals surface area contributed by atoms with Gasteiger partial charge in [-0.1, -0.05) is 60.7 Å². The van der Waals surface area contributed by atoms with Crippen molar-refractivity contribution in [2.24, 2.45) is 0 Å². The van der Waals surface area contributed by atoms with Gasteiger partial charge in [-0.2, -0.15) is 0 Å². The molecule has 0 radical (unpaired) electrons. The molecular formula is C22H19NO. The van der Waals surface area contributed by atoms with Crippen LogP contribution in [0.3, 0.4) is 0 Å². The maximum absolute atomic E-state index is 5.29. The van der Waals surface area contributed by atoms with Gasteiger partial charge in [0.2, 0.25) is 0 Å². The van der Waals surface area contributed by atoms with Crippen molar-refractivity contribution in [3.05, 3.63) is 96.1 Å². The van der Waals surface area contributed by atoms with Crippen LogP contribution < -0.4 is 9.64 Å². The lowest BCUT2D eigenvalue weighted by molar-refractivity contribution is 0.414. The number of anilines is 2. The van der Waals surface area contributed by atoms with Gasteiger partial charge in [0.1, 0.15) is 5.75 Å². The highest BCUT2D eigenvalue weighted by Gasteiger charge is 2.24. The van der Waals surface area contributed by atoms with Crippen LogP contribution in [-0.4, -0.2) is 7.11 Å². The summed E-state index contributed by atoms with van der Waals surface area (Å²) in [4.78, 5) is 2.39. The summed E-state index contributed by atoms with van der Waals surface area (Å²) in [7, 11) is 1.70. The van der Waals surface area contributed by atoms with Crippen LogP contribution >= 0.6 is 0 Å². The fourth-order valence-corrected chi connectivity index (χ4v) is 3.23. The molecule has 0 spiro atoms. The number of hydrogen-bond acceptors (Lipinski definition) is 2. The maximum Gasteiger partial charge on any atom is 0.118 e. The Morgan fingerprint density at radius 1 is 0.792 bits per heavy atom. The first-order valence-electron chi connectivity index (χ1n) is 8.12. The Hall–Kier alpha value is -3.00. The van der Waals surface area contributed by atoms with Gasteiger partial charge in [0.15, 0.2) is 0 Å². The first-order chi connectivity index (χ1) is 11.9. The van der Waals surface area contributed by atoms with Gasteiger partial charge >= 0.3 is 0 Å². The number of para-hydroxylation sites is 2. The van der Waals surface area contributed by atoms with Gasteiger partial charge in [-0.3, -0.25) is 0 Å². The summed E-state index contributed by atoms with van der Waals surface area (Å²) in [6.45, 7) is 0. The zero-order valence-electron chi connectivity index (χ0n) is 13.6. The molecule has 1 unspecified atom stereocenters. The molecule has 0 saturated heterocycles. The Morgan fingerprint density at radius 2 is 1.50 bits per heavy atom. The number of hydrogen-bond donors (Lipinski definition) is 0. The van der Waals surface area contributed by atoms with Crippen molar-refractivity contribution in [2.45, 2.75) is 6.04 Å². The van der Waals surface area contributed by atoms with Gasteiger partial charge in [0, 0.05) is 11.4 Å². The molecule has 2 nitrogen and oxygen atoms in total. The molecule has 0 N–H and O–H groups in total. The molecule has 1 atom stereocenters. The summed E-state index contributed by atoms with van der Waals surface area (Å²) in [5, 5.41) is 0. The van der Waals surface area contributed by atoms with E-state index in [0.717, 1.165) is 5.75 Å². The van der Waals surface area contributed by atoms with E-state index in [9.17, 15) is 0 Å². The molecular weight excluding hydrogens is 294 g/mol. The zero-order valence-corrected chi connectivity index (χ0v) is 13.6. The van der Waals surface area contributed by atoms with Crippen LogP contribution in [0, 0.1) is 0 Å². The average Bonchev–Trinajstić information content (AvgIpc) is 2.68. The maximum atomic E-state index is 5.29. The van der Waals surface area contributed by atoms with E-state index in [1.807, 2.05) is 12.1 Å². The third-order valence-electron chi connectivity index (χ3n) is 4.42. The summed E-state index contributed by atoms with van der Waals surface area (Å²) in [5.74, 6) is 0.880. The SMILES string of the molecule is COc1ccc(C2C=Cc3ccccc3N2c2ccccc2)cc1. The molecule has 1 aliphatic rings. The van der Waals surface area contributed by atoms with E-state index in [1.165, 1.54) is 22.5 Å². The molecule has 1 heterocycles. The van der Waals surface area contributed by atoms with E-state index < -0.39 is 0 Å². The molecule has 1 aliphatic heterocycles. The average molecular weight is 313 g/mol. The van der Waals surface area contributed by atoms with Gasteiger partial charge in [-0.15, -0.1) is 0 Å². The second kappa shape index (κ2) is 6.25. The molecule has 3 aromatic carbocycles. The number of ether oxygens (including phenoxy) is 1. The van der Waals surface area contributed by atoms with E-state index in [-0.39, 0.29) is 6.04 Å². The molecule has 4 rings (SSSR count). The van der Waals surface area contributed by atoms with Crippen LogP contribution in [0.5, 0.6) is 5.75 Å². The number of nitrogens with zero attached hydrogens (tertiary/aromatic N) is 1. The largest absolute Gasteiger partial charge is 0.497 e. The first-order valence-corrected chi connectivity index (χ1v) is 8.12. The molecule has 24 heavy (non-hydrogen) atoms. The highest BCUT2D eigenvalue weighted by molar-refractivity contribution is 5.79. The molecule has 0 bridgehead atoms. The van der Waals surface area contributed by atoms with Crippen LogP contribution in [-0.2, 0) is 0 Å². The number of benzene rings is 3. The van der Waals surface area contributed by atoms with Gasteiger partial charge < -0.3 is 9.64 Å². The Kier molecular flexibility index (Phi) is 3.80. The molecule has 0 fully saturated rings. The number of methoxy groups -OCH3 is 1. The Labute approximate surface area is 142 Å². The minimum Gasteiger partial charge on any atom is -0.497 e. The highest BCUT2D eigenvalue weighted by atomic mass is 16.5. The number of rotatable bonds is 3. The first kappa shape index (κ1) is 14.6. The summed E-state index contributed by atoms with van der Waals surface area (Å²) >= 11 is 0. The number of fused-ring (bicyclic) bond motifs is 1. The standard InChI is InChI=1S/C22H19NO/c1-24-20-14-11-18(12-15-20)22-16-13-17-7-5-6-10-21(17)23(22)19-8-3-2-4-9-19/h2-16,22H,1H3. The minimum atomic E-state index is 0.160. The lowest BCUT2D eigenvalue weighted by Crippen LogP contribution is -2.25. The van der Waals surface area contributed by atoms with Gasteiger partial charge in [-0.05, 0) is 41.5 Å². The lowest BCUT2D eigenvalue weighted by atomic mass is 9.96. The monoisotopic (exact) mass is 313 g/mol. The lowest BCUT2D eigenvalue weighted by Gasteiger charge is -2.36. The van der Waals surface area contributed by atoms with Crippen molar-refractivity contribution in [2.75, 3.05) is 12.0 Å². The highest BCUT2D eigenvalue weighted by Crippen LogP contribution is 2.41. The molecule has 118 valence electrons. The van der Waals surface area contributed by atoms with Gasteiger partial charge in [-0.25, -0.2) is 0 Å². The Balaban J connectivity index is 1.83. The van der Waals surface area contributed by atoms with Crippen molar-refractivity contribution in [3.63, 3.8) is 0 Å². The Bertz CT molecular complexity index is 853. The van der Waals surface area contributed by atoms with Crippen LogP contribution in [0.2, 0.25) is 0 Å². The van der Waals surface area contributed by atoms with Crippen LogP contribution in [0.25, 0.3) is 6.08 Å². The molecule has 2 heteroatoms. The fraction of sp³-hybridized carbons (Fsp3) is 0.0909. The zero-order chi connectivity index (χ0) is 16.4. The summed E-state index contributed by atoms with van der Waals surface area (Å²) < 4.78 is 5.29. The molecule has 0 amide bonds. The quantitative estimate of drug-likeness (QED) is 0.624. The smallest absolute Gasteiger partial charge is 0.118 e. The van der Waals surface area contributed by atoms with Crippen LogP contribution in [0.15, 0.2) is 84.9 Å². The molecule has 0 aliphatic carbocycles. The van der Waals surface area contributed by atoms with Crippen molar-refractivity contribution in [3.8, 4) is 5.75 Å². The summed E-state index contributed by atoms with van der Waals surface area (Å²) in [6, 6.07) is 27.5. The van der Waals surface area contributed by atoms with E-state index in [1.54, 1.807) is 7.11 Å². The summed E-state index contributed by atoms with van der Waals surface area (Å²) in [5.41, 5.74) is 4.90. The normalized spacial score (nSPS) is 15.9. The topological polar surface area (TPSA) is 12.5 Å². The van der Waals surface area contributed by atoms with E-state index in [0.29, 0.717) is 0 Å². The van der Waals surface area contributed by atoms with Crippen molar-refractivity contribution >= 4 is 17.5 Å². The fourth-order valence-electron chi connectivity index (χ4n) is 3.23. The van der Waals surface area contributed by atoms with E-state index in [2.05, 4.69) is 83.8 Å². The van der Waals surface area contributed by atoms with Crippen molar-refractivity contribution in [1.29, 1.82) is 0 Å². The van der Waals surface area contributed by atoms with Crippen LogP contribution in [0.4, 0.5) is 11.4 Å². The van der Waals surface area contributed by atoms with Crippen LogP contribution in [0.1, 0.15) is 17.2 Å². The van der Waals surface area contributed by atoms with E-state index in [4.69, 9.17) is 4.74 Å². The minimum absolute atomic E-state index is 0.160. The predicted octanol–water partition coefficient (Wildman–Crippen LogP) is 5.60. The second-order valence-electron chi connectivity index (χ2n) is 5.84. The molecule has 3 aromatic rings. The third kappa shape index (κ3) is 2.56. The molecule has 0 saturated carbocycles. The summed E-state index contributed by atoms with van der Waals surface area (Å²) in [6.07, 6.45) is 4.47. The van der Waals surface area contributed by atoms with Crippen molar-refractivity contribution < 1.29 is 4.74 Å². The van der Waals surface area contributed by atoms with Crippen molar-refractivity contribution in [1.82, 2.24) is 0 Å². The molecule has 0 aromatic heterocycles. The second-order valence-corrected chi connectivity index (χ2v) is 5.84. The Morgan fingerprint density at radius 3 is 2.25 bits per heavy atom. The predicted molar refractivity (Wildman–Crippen MR) is 99.8 cm³/mol. The van der Waals surface area contributed by atoms with Gasteiger partial charge in [0.05, 0.1) is 13.2 Å². The third-order valence-corrected chi connectivity index (χ3v) is 4.42. The van der Waals surface area contributed by atoms with E-state index >= 15 is 0 Å².